The maximum absolute atomic E-state index is 13.2. The maximum Gasteiger partial charge on any atom is 0.311 e. The van der Waals surface area contributed by atoms with Gasteiger partial charge in [-0.15, -0.1) is 0 Å². The summed E-state index contributed by atoms with van der Waals surface area (Å²) in [5.41, 5.74) is 2.72. The molecule has 1 saturated carbocycles. The second kappa shape index (κ2) is 5.55. The molecule has 2 fully saturated rings. The molecule has 1 aromatic heterocycles. The van der Waals surface area contributed by atoms with Gasteiger partial charge >= 0.3 is 5.97 Å². The zero-order valence-electron chi connectivity index (χ0n) is 14.6. The number of carboxylic acids is 1. The Kier molecular flexibility index (Phi) is 3.56. The third-order valence-corrected chi connectivity index (χ3v) is 5.49. The molecule has 1 N–H and O–H groups in total. The Morgan fingerprint density at radius 3 is 2.68 bits per heavy atom. The van der Waals surface area contributed by atoms with Gasteiger partial charge in [-0.3, -0.25) is 14.6 Å². The highest BCUT2D eigenvalue weighted by Crippen LogP contribution is 2.41. The summed E-state index contributed by atoms with van der Waals surface area (Å²) in [5, 5.41) is 10.3. The Labute approximate surface area is 146 Å². The summed E-state index contributed by atoms with van der Waals surface area (Å²) in [7, 11) is 0. The number of aliphatic carboxylic acids is 1. The fraction of sp³-hybridized carbons (Fsp3) is 0.450. The first-order valence-electron chi connectivity index (χ1n) is 8.81. The van der Waals surface area contributed by atoms with Crippen molar-refractivity contribution in [2.45, 2.75) is 39.0 Å². The van der Waals surface area contributed by atoms with Gasteiger partial charge in [-0.25, -0.2) is 0 Å². The number of aryl methyl sites for hydroxylation is 1. The molecule has 25 heavy (non-hydrogen) atoms. The van der Waals surface area contributed by atoms with Crippen LogP contribution in [0.3, 0.4) is 0 Å². The lowest BCUT2D eigenvalue weighted by atomic mass is 9.90. The molecule has 5 heteroatoms. The average molecular weight is 338 g/mol. The molecule has 0 radical (unpaired) electrons. The van der Waals surface area contributed by atoms with Crippen molar-refractivity contribution in [3.05, 3.63) is 41.1 Å². The summed E-state index contributed by atoms with van der Waals surface area (Å²) in [6, 6.07) is 7.91. The number of amides is 1. The number of aromatic nitrogens is 1. The van der Waals surface area contributed by atoms with Crippen molar-refractivity contribution in [2.24, 2.45) is 5.41 Å². The number of carbonyl (C=O) groups is 2. The molecule has 1 saturated heterocycles. The third-order valence-electron chi connectivity index (χ3n) is 5.49. The van der Waals surface area contributed by atoms with Gasteiger partial charge in [0.2, 0.25) is 0 Å². The van der Waals surface area contributed by atoms with Crippen LogP contribution in [-0.4, -0.2) is 40.0 Å². The van der Waals surface area contributed by atoms with Crippen LogP contribution < -0.4 is 0 Å². The molecule has 2 aromatic rings. The molecule has 1 unspecified atom stereocenters. The van der Waals surface area contributed by atoms with E-state index in [1.165, 1.54) is 0 Å². The van der Waals surface area contributed by atoms with Gasteiger partial charge in [0.05, 0.1) is 16.5 Å². The Balaban J connectivity index is 1.76. The Morgan fingerprint density at radius 2 is 2.04 bits per heavy atom. The summed E-state index contributed by atoms with van der Waals surface area (Å²) in [6.45, 7) is 4.46. The van der Waals surface area contributed by atoms with E-state index in [1.807, 2.05) is 31.2 Å². The number of hydrogen-bond donors (Lipinski definition) is 1. The molecule has 1 amide bonds. The number of carboxylic acid groups (broad SMARTS) is 1. The molecule has 0 spiro atoms. The summed E-state index contributed by atoms with van der Waals surface area (Å²) >= 11 is 0. The van der Waals surface area contributed by atoms with Crippen molar-refractivity contribution >= 4 is 22.8 Å². The number of nitrogens with zero attached hydrogens (tertiary/aromatic N) is 2. The summed E-state index contributed by atoms with van der Waals surface area (Å²) in [4.78, 5) is 31.1. The summed E-state index contributed by atoms with van der Waals surface area (Å²) < 4.78 is 0. The van der Waals surface area contributed by atoms with Gasteiger partial charge in [-0.2, -0.15) is 0 Å². The van der Waals surface area contributed by atoms with E-state index in [9.17, 15) is 14.7 Å². The minimum atomic E-state index is -0.853. The number of hydrogen-bond acceptors (Lipinski definition) is 3. The third kappa shape index (κ3) is 2.77. The van der Waals surface area contributed by atoms with Crippen molar-refractivity contribution in [1.82, 2.24) is 9.88 Å². The van der Waals surface area contributed by atoms with E-state index >= 15 is 0 Å². The molecule has 0 bridgehead atoms. The Morgan fingerprint density at radius 1 is 1.28 bits per heavy atom. The van der Waals surface area contributed by atoms with Gasteiger partial charge in [0.1, 0.15) is 0 Å². The second-order valence-electron chi connectivity index (χ2n) is 7.73. The van der Waals surface area contributed by atoms with Gasteiger partial charge in [0, 0.05) is 30.1 Å². The molecule has 130 valence electrons. The van der Waals surface area contributed by atoms with Crippen molar-refractivity contribution in [3.8, 4) is 0 Å². The zero-order valence-corrected chi connectivity index (χ0v) is 14.6. The lowest BCUT2D eigenvalue weighted by Gasteiger charge is -2.21. The molecule has 1 aliphatic heterocycles. The highest BCUT2D eigenvalue weighted by molar-refractivity contribution is 6.06. The van der Waals surface area contributed by atoms with Crippen LogP contribution >= 0.6 is 0 Å². The van der Waals surface area contributed by atoms with Crippen molar-refractivity contribution in [2.75, 3.05) is 13.1 Å². The monoisotopic (exact) mass is 338 g/mol. The van der Waals surface area contributed by atoms with Crippen LogP contribution in [0.2, 0.25) is 0 Å². The summed E-state index contributed by atoms with van der Waals surface area (Å²) in [6.07, 6.45) is 2.74. The average Bonchev–Trinajstić information content (AvgIpc) is 3.35. The lowest BCUT2D eigenvalue weighted by Crippen LogP contribution is -2.35. The zero-order chi connectivity index (χ0) is 17.8. The number of benzene rings is 1. The largest absolute Gasteiger partial charge is 0.481 e. The normalized spacial score (nSPS) is 23.2. The molecule has 4 rings (SSSR count). The smallest absolute Gasteiger partial charge is 0.311 e. The van der Waals surface area contributed by atoms with Crippen LogP contribution in [0.1, 0.15) is 53.7 Å². The van der Waals surface area contributed by atoms with E-state index in [-0.39, 0.29) is 12.5 Å². The first-order chi connectivity index (χ1) is 11.9. The van der Waals surface area contributed by atoms with E-state index in [2.05, 4.69) is 0 Å². The van der Waals surface area contributed by atoms with E-state index in [4.69, 9.17) is 4.98 Å². The van der Waals surface area contributed by atoms with E-state index < -0.39 is 11.4 Å². The standard InChI is InChI=1S/C20H22N2O3/c1-12-3-6-16-14(9-12)15(10-17(21-16)13-4-5-13)18(23)22-8-7-20(2,11-22)19(24)25/h3,6,9-10,13H,4-5,7-8,11H2,1-2H3,(H,24,25). The molecule has 5 nitrogen and oxygen atoms in total. The lowest BCUT2D eigenvalue weighted by molar-refractivity contribution is -0.147. The first kappa shape index (κ1) is 16.1. The first-order valence-corrected chi connectivity index (χ1v) is 8.81. The predicted octanol–water partition coefficient (Wildman–Crippen LogP) is 3.36. The number of carbonyl (C=O) groups excluding carboxylic acids is 1. The van der Waals surface area contributed by atoms with Crippen LogP contribution in [0.15, 0.2) is 24.3 Å². The van der Waals surface area contributed by atoms with Gasteiger partial charge in [0.25, 0.3) is 5.91 Å². The van der Waals surface area contributed by atoms with Crippen LogP contribution in [-0.2, 0) is 4.79 Å². The topological polar surface area (TPSA) is 70.5 Å². The summed E-state index contributed by atoms with van der Waals surface area (Å²) in [5.74, 6) is -0.457. The number of rotatable bonds is 3. The van der Waals surface area contributed by atoms with Crippen molar-refractivity contribution in [1.29, 1.82) is 0 Å². The molecular weight excluding hydrogens is 316 g/mol. The fourth-order valence-corrected chi connectivity index (χ4v) is 3.60. The van der Waals surface area contributed by atoms with E-state index in [0.717, 1.165) is 35.0 Å². The van der Waals surface area contributed by atoms with Gasteiger partial charge in [-0.05, 0) is 51.3 Å². The van der Waals surface area contributed by atoms with Crippen molar-refractivity contribution < 1.29 is 14.7 Å². The quantitative estimate of drug-likeness (QED) is 0.931. The van der Waals surface area contributed by atoms with Gasteiger partial charge < -0.3 is 10.0 Å². The fourth-order valence-electron chi connectivity index (χ4n) is 3.60. The minimum Gasteiger partial charge on any atom is -0.481 e. The highest BCUT2D eigenvalue weighted by Gasteiger charge is 2.42. The minimum absolute atomic E-state index is 0.0788. The van der Waals surface area contributed by atoms with E-state index in [0.29, 0.717) is 24.4 Å². The maximum atomic E-state index is 13.2. The molecule has 1 aliphatic carbocycles. The SMILES string of the molecule is Cc1ccc2nc(C3CC3)cc(C(=O)N3CCC(C)(C(=O)O)C3)c2c1. The highest BCUT2D eigenvalue weighted by atomic mass is 16.4. The molecule has 1 atom stereocenters. The number of pyridine rings is 1. The Hall–Kier alpha value is -2.43. The van der Waals surface area contributed by atoms with Crippen LogP contribution in [0.25, 0.3) is 10.9 Å². The second-order valence-corrected chi connectivity index (χ2v) is 7.73. The molecule has 2 aliphatic rings. The number of likely N-dealkylation sites (tertiary alicyclic amines) is 1. The Bertz CT molecular complexity index is 888. The molecule has 1 aromatic carbocycles. The number of fused-ring (bicyclic) bond motifs is 1. The predicted molar refractivity (Wildman–Crippen MR) is 94.7 cm³/mol. The van der Waals surface area contributed by atoms with Crippen LogP contribution in [0, 0.1) is 12.3 Å². The van der Waals surface area contributed by atoms with E-state index in [1.54, 1.807) is 11.8 Å². The van der Waals surface area contributed by atoms with Gasteiger partial charge in [0.15, 0.2) is 0 Å². The van der Waals surface area contributed by atoms with Crippen molar-refractivity contribution in [3.63, 3.8) is 0 Å². The van der Waals surface area contributed by atoms with Crippen LogP contribution in [0.5, 0.6) is 0 Å². The van der Waals surface area contributed by atoms with Crippen LogP contribution in [0.4, 0.5) is 0 Å². The molecular formula is C20H22N2O3. The molecule has 2 heterocycles. The van der Waals surface area contributed by atoms with Gasteiger partial charge in [-0.1, -0.05) is 11.6 Å².